The van der Waals surface area contributed by atoms with Gasteiger partial charge in [-0.1, -0.05) is 0 Å². The van der Waals surface area contributed by atoms with Gasteiger partial charge < -0.3 is 47.5 Å². The van der Waals surface area contributed by atoms with Gasteiger partial charge in [0.2, 0.25) is 0 Å². The molecule has 0 radical (unpaired) electrons. The Morgan fingerprint density at radius 1 is 0.500 bits per heavy atom. The monoisotopic (exact) mass is 670 g/mol. The average molecular weight is 670 g/mol. The summed E-state index contributed by atoms with van der Waals surface area (Å²) in [5.41, 5.74) is -0.731. The fourth-order valence-electron chi connectivity index (χ4n) is 2.83. The van der Waals surface area contributed by atoms with E-state index in [1.165, 1.54) is 0 Å². The fraction of sp³-hybridized carbons (Fsp3) is 0.913. The second-order valence-electron chi connectivity index (χ2n) is 7.74. The number of hydrogen-bond donors (Lipinski definition) is 1. The highest BCUT2D eigenvalue weighted by molar-refractivity contribution is 14.1. The van der Waals surface area contributed by atoms with Gasteiger partial charge in [-0.3, -0.25) is 5.26 Å². The van der Waals surface area contributed by atoms with E-state index in [1.54, 1.807) is 23.0 Å². The molecule has 0 fully saturated rings. The summed E-state index contributed by atoms with van der Waals surface area (Å²) in [6.07, 6.45) is 1.82. The lowest BCUT2D eigenvalue weighted by atomic mass is 9.83. The molecular formula is C23H43IO14. The highest BCUT2D eigenvalue weighted by atomic mass is 127. The van der Waals surface area contributed by atoms with E-state index in [0.29, 0.717) is 99.1 Å². The first-order valence-electron chi connectivity index (χ1n) is 12.4. The van der Waals surface area contributed by atoms with Crippen molar-refractivity contribution in [3.05, 3.63) is 0 Å². The molecule has 0 saturated heterocycles. The van der Waals surface area contributed by atoms with Crippen LogP contribution in [0.25, 0.3) is 0 Å². The zero-order valence-electron chi connectivity index (χ0n) is 21.9. The third-order valence-electron chi connectivity index (χ3n) is 4.76. The summed E-state index contributed by atoms with van der Waals surface area (Å²) in [7, 11) is 0. The Hall–Kier alpha value is -0.410. The number of carbonyl (C=O) groups is 2. The second-order valence-corrected chi connectivity index (χ2v) is 8.10. The zero-order valence-corrected chi connectivity index (χ0v) is 24.1. The number of halogens is 1. The molecule has 0 aliphatic carbocycles. The third-order valence-corrected chi connectivity index (χ3v) is 5.01. The molecule has 226 valence electrons. The lowest BCUT2D eigenvalue weighted by Gasteiger charge is -2.29. The molecule has 0 atom stereocenters. The summed E-state index contributed by atoms with van der Waals surface area (Å²) in [6, 6.07) is 0. The molecule has 38 heavy (non-hydrogen) atoms. The maximum Gasteiger partial charge on any atom is 0.155 e. The molecule has 0 rings (SSSR count). The van der Waals surface area contributed by atoms with E-state index in [4.69, 9.17) is 43.2 Å². The smallest absolute Gasteiger partial charge is 0.155 e. The molecule has 0 aliphatic heterocycles. The molecule has 0 aromatic rings. The van der Waals surface area contributed by atoms with Gasteiger partial charge in [0.05, 0.1) is 106 Å². The summed E-state index contributed by atoms with van der Waals surface area (Å²) in [5, 5.41) is 8.16. The van der Waals surface area contributed by atoms with Gasteiger partial charge in [0.25, 0.3) is 0 Å². The van der Waals surface area contributed by atoms with Crippen molar-refractivity contribution in [2.45, 2.75) is 12.8 Å². The first-order valence-corrected chi connectivity index (χ1v) is 13.3. The second kappa shape index (κ2) is 31.1. The first-order chi connectivity index (χ1) is 18.7. The number of carbonyl (C=O) groups excluding carboxylic acids is 2. The van der Waals surface area contributed by atoms with E-state index in [1.807, 2.05) is 0 Å². The summed E-state index contributed by atoms with van der Waals surface area (Å²) < 4.78 is 47.8. The maximum atomic E-state index is 11.2. The molecule has 0 aliphatic rings. The predicted molar refractivity (Wildman–Crippen MR) is 140 cm³/mol. The van der Waals surface area contributed by atoms with Gasteiger partial charge >= 0.3 is 0 Å². The highest BCUT2D eigenvalue weighted by Gasteiger charge is 2.30. The molecule has 0 amide bonds. The van der Waals surface area contributed by atoms with Gasteiger partial charge in [0.1, 0.15) is 25.8 Å². The summed E-state index contributed by atoms with van der Waals surface area (Å²) in [4.78, 5) is 31.0. The van der Waals surface area contributed by atoms with Crippen LogP contribution in [0.5, 0.6) is 0 Å². The predicted octanol–water partition coefficient (Wildman–Crippen LogP) is 1.07. The van der Waals surface area contributed by atoms with Crippen LogP contribution in [0.1, 0.15) is 12.8 Å². The molecular weight excluding hydrogens is 627 g/mol. The Morgan fingerprint density at radius 3 is 1.13 bits per heavy atom. The van der Waals surface area contributed by atoms with Crippen molar-refractivity contribution in [3.8, 4) is 0 Å². The van der Waals surface area contributed by atoms with E-state index < -0.39 is 5.41 Å². The van der Waals surface area contributed by atoms with Crippen molar-refractivity contribution in [2.75, 3.05) is 119 Å². The lowest BCUT2D eigenvalue weighted by molar-refractivity contribution is -0.249. The first kappa shape index (κ1) is 37.6. The normalized spacial score (nSPS) is 11.7. The van der Waals surface area contributed by atoms with Gasteiger partial charge in [-0.05, 0) is 0 Å². The van der Waals surface area contributed by atoms with E-state index in [0.717, 1.165) is 12.6 Å². The van der Waals surface area contributed by atoms with Crippen molar-refractivity contribution in [1.82, 2.24) is 0 Å². The molecule has 0 heterocycles. The van der Waals surface area contributed by atoms with Crippen molar-refractivity contribution < 1.29 is 65.7 Å². The van der Waals surface area contributed by atoms with E-state index in [2.05, 4.69) is 13.0 Å². The number of aldehydes is 2. The molecule has 0 bridgehead atoms. The minimum atomic E-state index is -0.731. The van der Waals surface area contributed by atoms with Crippen LogP contribution in [0.3, 0.4) is 0 Å². The van der Waals surface area contributed by atoms with E-state index >= 15 is 0 Å². The van der Waals surface area contributed by atoms with Gasteiger partial charge in [0, 0.05) is 18.3 Å². The maximum absolute atomic E-state index is 11.2. The van der Waals surface area contributed by atoms with Crippen LogP contribution in [-0.4, -0.2) is 137 Å². The third kappa shape index (κ3) is 25.8. The molecule has 0 aromatic carbocycles. The topological polar surface area (TPSA) is 156 Å². The fourth-order valence-corrected chi connectivity index (χ4v) is 3.01. The number of rotatable bonds is 33. The van der Waals surface area contributed by atoms with Gasteiger partial charge in [0.15, 0.2) is 23.0 Å². The quantitative estimate of drug-likeness (QED) is 0.0348. The van der Waals surface area contributed by atoms with Crippen LogP contribution in [-0.2, 0) is 60.5 Å². The van der Waals surface area contributed by atoms with Crippen molar-refractivity contribution >= 4 is 35.6 Å². The Labute approximate surface area is 238 Å². The van der Waals surface area contributed by atoms with E-state index in [-0.39, 0.29) is 32.7 Å². The Balaban J connectivity index is 3.81. The zero-order chi connectivity index (χ0) is 27.8. The van der Waals surface area contributed by atoms with Crippen LogP contribution in [0.4, 0.5) is 0 Å². The number of hydrogen-bond acceptors (Lipinski definition) is 14. The standard InChI is InChI=1S/C23H43IO14/c24-38-37-20-18-33-12-10-29-6-8-31-14-16-35-22-23(1-3-25,2-4-26)21-34-15-13-30-7-5-28-9-11-32-17-19-36-27/h3-4,27H,1-2,5-22H2. The molecule has 1 N–H and O–H groups in total. The van der Waals surface area contributed by atoms with Crippen LogP contribution in [0.15, 0.2) is 0 Å². The van der Waals surface area contributed by atoms with Crippen LogP contribution >= 0.6 is 23.0 Å². The SMILES string of the molecule is O=CCC(CC=O)(COCCOCCOCCOCCOO)COCCOCCOCCOCCOOI. The van der Waals surface area contributed by atoms with E-state index in [9.17, 15) is 9.59 Å². The van der Waals surface area contributed by atoms with Gasteiger partial charge in [-0.15, -0.1) is 0 Å². The van der Waals surface area contributed by atoms with Crippen LogP contribution in [0, 0.1) is 5.41 Å². The molecule has 0 saturated carbocycles. The summed E-state index contributed by atoms with van der Waals surface area (Å²) >= 11 is 1.63. The Bertz CT molecular complexity index is 493. The summed E-state index contributed by atoms with van der Waals surface area (Å²) in [6.45, 7) is 6.21. The minimum absolute atomic E-state index is 0.117. The molecule has 14 nitrogen and oxygen atoms in total. The van der Waals surface area contributed by atoms with Crippen molar-refractivity contribution in [2.24, 2.45) is 5.41 Å². The Morgan fingerprint density at radius 2 is 0.816 bits per heavy atom. The summed E-state index contributed by atoms with van der Waals surface area (Å²) in [5.74, 6) is 0. The van der Waals surface area contributed by atoms with Crippen LogP contribution in [0.2, 0.25) is 0 Å². The number of ether oxygens (including phenoxy) is 8. The van der Waals surface area contributed by atoms with Crippen molar-refractivity contribution in [3.63, 3.8) is 0 Å². The largest absolute Gasteiger partial charge is 0.378 e. The van der Waals surface area contributed by atoms with Gasteiger partial charge in [-0.2, -0.15) is 3.22 Å². The lowest BCUT2D eigenvalue weighted by Crippen LogP contribution is -2.34. The Kier molecular flexibility index (Phi) is 30.8. The molecule has 0 aromatic heterocycles. The average Bonchev–Trinajstić information content (AvgIpc) is 2.92. The molecule has 0 spiro atoms. The minimum Gasteiger partial charge on any atom is -0.378 e. The van der Waals surface area contributed by atoms with Crippen LogP contribution < -0.4 is 0 Å². The highest BCUT2D eigenvalue weighted by Crippen LogP contribution is 2.26. The van der Waals surface area contributed by atoms with Gasteiger partial charge in [-0.25, -0.2) is 9.78 Å². The molecule has 0 unspecified atom stereocenters. The molecule has 15 heteroatoms. The van der Waals surface area contributed by atoms with Crippen molar-refractivity contribution in [1.29, 1.82) is 0 Å².